The molecule has 0 radical (unpaired) electrons. The van der Waals surface area contributed by atoms with E-state index in [0.29, 0.717) is 5.41 Å². The van der Waals surface area contributed by atoms with E-state index in [1.54, 1.807) is 4.90 Å². The normalized spacial score (nSPS) is 19.5. The van der Waals surface area contributed by atoms with Gasteiger partial charge in [-0.3, -0.25) is 4.79 Å². The van der Waals surface area contributed by atoms with Crippen LogP contribution in [-0.2, 0) is 14.3 Å². The molecule has 92 valence electrons. The minimum absolute atomic E-state index is 0.114. The standard InChI is InChI=1S/C11H19NO4/c1-11(2)3-5-12(6-4-11)9(13)7-16-8-10(14)15/h3-8H2,1-2H3,(H,14,15). The van der Waals surface area contributed by atoms with Crippen LogP contribution in [0.15, 0.2) is 0 Å². The van der Waals surface area contributed by atoms with Gasteiger partial charge in [-0.2, -0.15) is 0 Å². The molecule has 1 saturated heterocycles. The number of carboxylic acid groups (broad SMARTS) is 1. The molecular weight excluding hydrogens is 210 g/mol. The van der Waals surface area contributed by atoms with Gasteiger partial charge in [0, 0.05) is 13.1 Å². The van der Waals surface area contributed by atoms with Crippen LogP contribution < -0.4 is 0 Å². The molecule has 5 heteroatoms. The molecule has 0 saturated carbocycles. The zero-order valence-electron chi connectivity index (χ0n) is 9.86. The molecule has 0 aromatic rings. The second-order valence-electron chi connectivity index (χ2n) is 4.93. The fourth-order valence-corrected chi connectivity index (χ4v) is 1.68. The predicted octanol–water partition coefficient (Wildman–Crippen LogP) is 0.736. The Bertz CT molecular complexity index is 265. The van der Waals surface area contributed by atoms with Crippen molar-refractivity contribution in [1.82, 2.24) is 4.90 Å². The number of nitrogens with zero attached hydrogens (tertiary/aromatic N) is 1. The molecule has 1 aliphatic heterocycles. The molecule has 1 aliphatic rings. The van der Waals surface area contributed by atoms with Crippen molar-refractivity contribution >= 4 is 11.9 Å². The monoisotopic (exact) mass is 229 g/mol. The van der Waals surface area contributed by atoms with Gasteiger partial charge in [0.2, 0.25) is 5.91 Å². The SMILES string of the molecule is CC1(C)CCN(C(=O)COCC(=O)O)CC1. The van der Waals surface area contributed by atoms with E-state index in [1.165, 1.54) is 0 Å². The molecule has 0 aliphatic carbocycles. The molecule has 16 heavy (non-hydrogen) atoms. The predicted molar refractivity (Wildman–Crippen MR) is 58.0 cm³/mol. The van der Waals surface area contributed by atoms with E-state index >= 15 is 0 Å². The Morgan fingerprint density at radius 2 is 1.81 bits per heavy atom. The van der Waals surface area contributed by atoms with Crippen LogP contribution in [0.25, 0.3) is 0 Å². The van der Waals surface area contributed by atoms with Gasteiger partial charge in [0.1, 0.15) is 13.2 Å². The van der Waals surface area contributed by atoms with Gasteiger partial charge in [-0.15, -0.1) is 0 Å². The molecule has 1 rings (SSSR count). The van der Waals surface area contributed by atoms with Crippen molar-refractivity contribution in [3.63, 3.8) is 0 Å². The maximum absolute atomic E-state index is 11.6. The first-order chi connectivity index (χ1) is 7.41. The molecule has 0 aromatic carbocycles. The number of piperidine rings is 1. The highest BCUT2D eigenvalue weighted by Crippen LogP contribution is 2.29. The number of hydrogen-bond acceptors (Lipinski definition) is 3. The molecule has 1 fully saturated rings. The van der Waals surface area contributed by atoms with E-state index < -0.39 is 12.6 Å². The molecule has 5 nitrogen and oxygen atoms in total. The first kappa shape index (κ1) is 13.0. The third-order valence-electron chi connectivity index (χ3n) is 2.92. The topological polar surface area (TPSA) is 66.8 Å². The van der Waals surface area contributed by atoms with Crippen LogP contribution >= 0.6 is 0 Å². The summed E-state index contributed by atoms with van der Waals surface area (Å²) in [5, 5.41) is 8.36. The van der Waals surface area contributed by atoms with Gasteiger partial charge in [0.05, 0.1) is 0 Å². The first-order valence-corrected chi connectivity index (χ1v) is 5.48. The summed E-state index contributed by atoms with van der Waals surface area (Å²) in [7, 11) is 0. The summed E-state index contributed by atoms with van der Waals surface area (Å²) >= 11 is 0. The van der Waals surface area contributed by atoms with Crippen molar-refractivity contribution in [2.75, 3.05) is 26.3 Å². The van der Waals surface area contributed by atoms with Gasteiger partial charge in [-0.1, -0.05) is 13.8 Å². The molecule has 0 bridgehead atoms. The van der Waals surface area contributed by atoms with E-state index in [0.717, 1.165) is 25.9 Å². The van der Waals surface area contributed by atoms with Crippen molar-refractivity contribution in [1.29, 1.82) is 0 Å². The van der Waals surface area contributed by atoms with E-state index in [1.807, 2.05) is 0 Å². The number of carbonyl (C=O) groups is 2. The van der Waals surface area contributed by atoms with Crippen LogP contribution in [0.1, 0.15) is 26.7 Å². The molecule has 1 N–H and O–H groups in total. The summed E-state index contributed by atoms with van der Waals surface area (Å²) in [6.45, 7) is 5.31. The Morgan fingerprint density at radius 1 is 1.25 bits per heavy atom. The lowest BCUT2D eigenvalue weighted by molar-refractivity contribution is -0.146. The average molecular weight is 229 g/mol. The highest BCUT2D eigenvalue weighted by atomic mass is 16.5. The summed E-state index contributed by atoms with van der Waals surface area (Å²) in [5.74, 6) is -1.16. The summed E-state index contributed by atoms with van der Waals surface area (Å²) in [6, 6.07) is 0. The van der Waals surface area contributed by atoms with E-state index in [9.17, 15) is 9.59 Å². The van der Waals surface area contributed by atoms with Crippen LogP contribution in [0.4, 0.5) is 0 Å². The van der Waals surface area contributed by atoms with Gasteiger partial charge < -0.3 is 14.7 Å². The lowest BCUT2D eigenvalue weighted by atomic mass is 9.83. The van der Waals surface area contributed by atoms with Crippen LogP contribution in [0.3, 0.4) is 0 Å². The zero-order valence-corrected chi connectivity index (χ0v) is 9.86. The van der Waals surface area contributed by atoms with Crippen LogP contribution in [-0.4, -0.2) is 48.2 Å². The summed E-state index contributed by atoms with van der Waals surface area (Å²) in [4.78, 5) is 23.5. The fraction of sp³-hybridized carbons (Fsp3) is 0.818. The van der Waals surface area contributed by atoms with Crippen molar-refractivity contribution in [2.45, 2.75) is 26.7 Å². The Morgan fingerprint density at radius 3 is 2.31 bits per heavy atom. The van der Waals surface area contributed by atoms with Crippen molar-refractivity contribution < 1.29 is 19.4 Å². The smallest absolute Gasteiger partial charge is 0.329 e. The largest absolute Gasteiger partial charge is 0.480 e. The Labute approximate surface area is 95.4 Å². The number of rotatable bonds is 4. The zero-order chi connectivity index (χ0) is 12.2. The molecular formula is C11H19NO4. The van der Waals surface area contributed by atoms with Crippen molar-refractivity contribution in [3.8, 4) is 0 Å². The molecule has 1 heterocycles. The number of ether oxygens (including phenoxy) is 1. The average Bonchev–Trinajstić information content (AvgIpc) is 2.16. The minimum atomic E-state index is -1.05. The third kappa shape index (κ3) is 4.18. The molecule has 0 atom stereocenters. The Kier molecular flexibility index (Phi) is 4.29. The number of aliphatic carboxylic acids is 1. The van der Waals surface area contributed by atoms with Gasteiger partial charge in [0.15, 0.2) is 0 Å². The summed E-state index contributed by atoms with van der Waals surface area (Å²) in [5.41, 5.74) is 0.304. The lowest BCUT2D eigenvalue weighted by Gasteiger charge is -2.36. The van der Waals surface area contributed by atoms with E-state index in [-0.39, 0.29) is 12.5 Å². The summed E-state index contributed by atoms with van der Waals surface area (Å²) in [6.07, 6.45) is 1.97. The second-order valence-corrected chi connectivity index (χ2v) is 4.93. The minimum Gasteiger partial charge on any atom is -0.480 e. The number of likely N-dealkylation sites (tertiary alicyclic amines) is 1. The van der Waals surface area contributed by atoms with Crippen LogP contribution in [0.2, 0.25) is 0 Å². The van der Waals surface area contributed by atoms with Crippen molar-refractivity contribution in [2.24, 2.45) is 5.41 Å². The number of hydrogen-bond donors (Lipinski definition) is 1. The number of amides is 1. The van der Waals surface area contributed by atoms with Gasteiger partial charge >= 0.3 is 5.97 Å². The Balaban J connectivity index is 2.25. The molecule has 0 unspecified atom stereocenters. The van der Waals surface area contributed by atoms with Gasteiger partial charge in [-0.05, 0) is 18.3 Å². The highest BCUT2D eigenvalue weighted by Gasteiger charge is 2.27. The third-order valence-corrected chi connectivity index (χ3v) is 2.92. The van der Waals surface area contributed by atoms with E-state index in [2.05, 4.69) is 13.8 Å². The van der Waals surface area contributed by atoms with E-state index in [4.69, 9.17) is 9.84 Å². The fourth-order valence-electron chi connectivity index (χ4n) is 1.68. The van der Waals surface area contributed by atoms with Gasteiger partial charge in [-0.25, -0.2) is 4.79 Å². The Hall–Kier alpha value is -1.10. The summed E-state index contributed by atoms with van der Waals surface area (Å²) < 4.78 is 4.77. The van der Waals surface area contributed by atoms with Crippen LogP contribution in [0.5, 0.6) is 0 Å². The molecule has 0 aromatic heterocycles. The van der Waals surface area contributed by atoms with Gasteiger partial charge in [0.25, 0.3) is 0 Å². The first-order valence-electron chi connectivity index (χ1n) is 5.48. The quantitative estimate of drug-likeness (QED) is 0.772. The van der Waals surface area contributed by atoms with Crippen LogP contribution in [0, 0.1) is 5.41 Å². The number of carbonyl (C=O) groups excluding carboxylic acids is 1. The molecule has 0 spiro atoms. The molecule has 1 amide bonds. The lowest BCUT2D eigenvalue weighted by Crippen LogP contribution is -2.42. The maximum Gasteiger partial charge on any atom is 0.329 e. The second kappa shape index (κ2) is 5.30. The maximum atomic E-state index is 11.6. The highest BCUT2D eigenvalue weighted by molar-refractivity contribution is 5.78. The number of carboxylic acids is 1. The van der Waals surface area contributed by atoms with Crippen molar-refractivity contribution in [3.05, 3.63) is 0 Å².